The Labute approximate surface area is 136 Å². The fraction of sp³-hybridized carbons (Fsp3) is 0.333. The molecule has 22 heavy (non-hydrogen) atoms. The number of benzene rings is 2. The molecule has 0 aliphatic carbocycles. The summed E-state index contributed by atoms with van der Waals surface area (Å²) in [6, 6.07) is 12.4. The lowest BCUT2D eigenvalue weighted by Crippen LogP contribution is -2.14. The maximum absolute atomic E-state index is 6.18. The second-order valence-electron chi connectivity index (χ2n) is 5.46. The van der Waals surface area contributed by atoms with Crippen LogP contribution in [0.3, 0.4) is 0 Å². The van der Waals surface area contributed by atoms with Crippen molar-refractivity contribution in [1.82, 2.24) is 0 Å². The first kappa shape index (κ1) is 15.2. The van der Waals surface area contributed by atoms with E-state index in [1.807, 2.05) is 12.1 Å². The smallest absolute Gasteiger partial charge is 0.189 e. The molecule has 2 aromatic carbocycles. The number of anilines is 1. The van der Waals surface area contributed by atoms with Gasteiger partial charge in [0, 0.05) is 28.4 Å². The zero-order chi connectivity index (χ0) is 15.4. The van der Waals surface area contributed by atoms with Crippen molar-refractivity contribution < 1.29 is 9.47 Å². The van der Waals surface area contributed by atoms with Crippen LogP contribution in [0.5, 0.6) is 5.75 Å². The number of hydrogen-bond donors (Lipinski definition) is 1. The van der Waals surface area contributed by atoms with Crippen LogP contribution in [0.2, 0.25) is 5.02 Å². The van der Waals surface area contributed by atoms with E-state index in [1.54, 1.807) is 0 Å². The van der Waals surface area contributed by atoms with Gasteiger partial charge in [0.15, 0.2) is 6.79 Å². The average Bonchev–Trinajstić information content (AvgIpc) is 2.54. The maximum atomic E-state index is 6.18. The van der Waals surface area contributed by atoms with Crippen LogP contribution in [0.4, 0.5) is 5.69 Å². The molecule has 0 bridgehead atoms. The van der Waals surface area contributed by atoms with Gasteiger partial charge in [-0.1, -0.05) is 37.1 Å². The van der Waals surface area contributed by atoms with Crippen molar-refractivity contribution in [3.8, 4) is 5.75 Å². The van der Waals surface area contributed by atoms with E-state index in [1.165, 1.54) is 12.0 Å². The number of hydrogen-bond acceptors (Lipinski definition) is 3. The molecule has 0 aromatic heterocycles. The van der Waals surface area contributed by atoms with E-state index in [-0.39, 0.29) is 0 Å². The molecule has 0 saturated heterocycles. The topological polar surface area (TPSA) is 30.5 Å². The maximum Gasteiger partial charge on any atom is 0.189 e. The van der Waals surface area contributed by atoms with E-state index in [2.05, 4.69) is 36.5 Å². The zero-order valence-corrected chi connectivity index (χ0v) is 13.5. The molecule has 0 amide bonds. The first-order valence-corrected chi connectivity index (χ1v) is 7.98. The summed E-state index contributed by atoms with van der Waals surface area (Å²) in [6.45, 7) is 3.72. The zero-order valence-electron chi connectivity index (χ0n) is 12.7. The van der Waals surface area contributed by atoms with Crippen LogP contribution in [-0.4, -0.2) is 6.79 Å². The van der Waals surface area contributed by atoms with Gasteiger partial charge < -0.3 is 14.8 Å². The Morgan fingerprint density at radius 1 is 1.18 bits per heavy atom. The van der Waals surface area contributed by atoms with Gasteiger partial charge in [-0.15, -0.1) is 0 Å². The minimum Gasteiger partial charge on any atom is -0.467 e. The SMILES string of the molecule is CCCc1ccc(NCc2cc(Cl)cc3c2OCOC3)cc1. The third-order valence-electron chi connectivity index (χ3n) is 3.73. The van der Waals surface area contributed by atoms with Gasteiger partial charge >= 0.3 is 0 Å². The molecule has 3 nitrogen and oxygen atoms in total. The summed E-state index contributed by atoms with van der Waals surface area (Å²) in [7, 11) is 0. The summed E-state index contributed by atoms with van der Waals surface area (Å²) in [5.41, 5.74) is 4.53. The van der Waals surface area contributed by atoms with E-state index in [9.17, 15) is 0 Å². The van der Waals surface area contributed by atoms with Crippen LogP contribution in [0.1, 0.15) is 30.0 Å². The quantitative estimate of drug-likeness (QED) is 0.861. The van der Waals surface area contributed by atoms with Crippen molar-refractivity contribution in [1.29, 1.82) is 0 Å². The highest BCUT2D eigenvalue weighted by Crippen LogP contribution is 2.32. The molecule has 0 spiro atoms. The van der Waals surface area contributed by atoms with Crippen molar-refractivity contribution in [3.05, 3.63) is 58.1 Å². The number of aryl methyl sites for hydroxylation is 1. The van der Waals surface area contributed by atoms with Crippen molar-refractivity contribution in [2.24, 2.45) is 0 Å². The molecular weight excluding hydrogens is 298 g/mol. The minimum atomic E-state index is 0.299. The molecule has 1 heterocycles. The van der Waals surface area contributed by atoms with Crippen LogP contribution in [-0.2, 0) is 24.3 Å². The number of rotatable bonds is 5. The molecule has 1 aliphatic heterocycles. The highest BCUT2D eigenvalue weighted by Gasteiger charge is 2.16. The molecule has 116 valence electrons. The second kappa shape index (κ2) is 7.03. The minimum absolute atomic E-state index is 0.299. The van der Waals surface area contributed by atoms with Crippen LogP contribution in [0.15, 0.2) is 36.4 Å². The van der Waals surface area contributed by atoms with Crippen LogP contribution in [0, 0.1) is 0 Å². The lowest BCUT2D eigenvalue weighted by atomic mass is 10.1. The third kappa shape index (κ3) is 3.54. The predicted molar refractivity (Wildman–Crippen MR) is 89.5 cm³/mol. The Kier molecular flexibility index (Phi) is 4.86. The van der Waals surface area contributed by atoms with Gasteiger partial charge in [0.25, 0.3) is 0 Å². The van der Waals surface area contributed by atoms with E-state index in [0.717, 1.165) is 29.0 Å². The van der Waals surface area contributed by atoms with Crippen molar-refractivity contribution in [3.63, 3.8) is 0 Å². The normalized spacial score (nSPS) is 13.4. The number of ether oxygens (including phenoxy) is 2. The molecule has 0 fully saturated rings. The predicted octanol–water partition coefficient (Wildman–Crippen LogP) is 4.77. The Balaban J connectivity index is 1.72. The number of halogens is 1. The largest absolute Gasteiger partial charge is 0.467 e. The van der Waals surface area contributed by atoms with Gasteiger partial charge in [0.2, 0.25) is 0 Å². The summed E-state index contributed by atoms with van der Waals surface area (Å²) < 4.78 is 10.9. The molecular formula is C18H20ClNO2. The summed E-state index contributed by atoms with van der Waals surface area (Å²) in [5.74, 6) is 0.894. The third-order valence-corrected chi connectivity index (χ3v) is 3.95. The van der Waals surface area contributed by atoms with Crippen molar-refractivity contribution >= 4 is 17.3 Å². The summed E-state index contributed by atoms with van der Waals surface area (Å²) >= 11 is 6.18. The monoisotopic (exact) mass is 317 g/mol. The lowest BCUT2D eigenvalue weighted by molar-refractivity contribution is -0.0169. The van der Waals surface area contributed by atoms with Crippen LogP contribution in [0.25, 0.3) is 0 Å². The Bertz CT molecular complexity index is 640. The highest BCUT2D eigenvalue weighted by molar-refractivity contribution is 6.30. The Morgan fingerprint density at radius 3 is 2.77 bits per heavy atom. The van der Waals surface area contributed by atoms with Gasteiger partial charge in [-0.2, -0.15) is 0 Å². The number of nitrogens with one attached hydrogen (secondary N) is 1. The molecule has 0 unspecified atom stereocenters. The summed E-state index contributed by atoms with van der Waals surface area (Å²) in [6.07, 6.45) is 2.29. The van der Waals surface area contributed by atoms with E-state index >= 15 is 0 Å². The van der Waals surface area contributed by atoms with Crippen molar-refractivity contribution in [2.45, 2.75) is 32.9 Å². The molecule has 1 aliphatic rings. The Hall–Kier alpha value is -1.71. The molecule has 4 heteroatoms. The van der Waals surface area contributed by atoms with E-state index < -0.39 is 0 Å². The van der Waals surface area contributed by atoms with E-state index in [4.69, 9.17) is 21.1 Å². The highest BCUT2D eigenvalue weighted by atomic mass is 35.5. The first-order chi connectivity index (χ1) is 10.8. The molecule has 1 N–H and O–H groups in total. The number of fused-ring (bicyclic) bond motifs is 1. The molecule has 0 atom stereocenters. The standard InChI is InChI=1S/C18H20ClNO2/c1-2-3-13-4-6-17(7-5-13)20-10-14-8-16(19)9-15-11-21-12-22-18(14)15/h4-9,20H,2-3,10-12H2,1H3. The first-order valence-electron chi connectivity index (χ1n) is 7.61. The average molecular weight is 318 g/mol. The van der Waals surface area contributed by atoms with Crippen molar-refractivity contribution in [2.75, 3.05) is 12.1 Å². The molecule has 2 aromatic rings. The van der Waals surface area contributed by atoms with Gasteiger partial charge in [-0.05, 0) is 36.2 Å². The van der Waals surface area contributed by atoms with Gasteiger partial charge in [0.1, 0.15) is 5.75 Å². The summed E-state index contributed by atoms with van der Waals surface area (Å²) in [4.78, 5) is 0. The van der Waals surface area contributed by atoms with Crippen LogP contribution >= 0.6 is 11.6 Å². The lowest BCUT2D eigenvalue weighted by Gasteiger charge is -2.21. The fourth-order valence-corrected chi connectivity index (χ4v) is 2.93. The van der Waals surface area contributed by atoms with E-state index in [0.29, 0.717) is 25.0 Å². The fourth-order valence-electron chi connectivity index (χ4n) is 2.66. The molecule has 3 rings (SSSR count). The van der Waals surface area contributed by atoms with Gasteiger partial charge in [-0.3, -0.25) is 0 Å². The molecule has 0 radical (unpaired) electrons. The summed E-state index contributed by atoms with van der Waals surface area (Å²) in [5, 5.41) is 4.14. The van der Waals surface area contributed by atoms with Crippen LogP contribution < -0.4 is 10.1 Å². The van der Waals surface area contributed by atoms with Gasteiger partial charge in [0.05, 0.1) is 6.61 Å². The second-order valence-corrected chi connectivity index (χ2v) is 5.90. The molecule has 0 saturated carbocycles. The van der Waals surface area contributed by atoms with Gasteiger partial charge in [-0.25, -0.2) is 0 Å². The Morgan fingerprint density at radius 2 is 2.00 bits per heavy atom.